The van der Waals surface area contributed by atoms with Gasteiger partial charge in [0.25, 0.3) is 0 Å². The number of carbonyl (C=O) groups excluding carboxylic acids is 1. The molecule has 3 nitrogen and oxygen atoms in total. The van der Waals surface area contributed by atoms with Crippen molar-refractivity contribution in [2.45, 2.75) is 13.3 Å². The molecule has 0 aliphatic carbocycles. The molecule has 1 aromatic rings. The molecule has 1 aromatic carbocycles. The number of amides is 1. The van der Waals surface area contributed by atoms with Crippen molar-refractivity contribution in [2.24, 2.45) is 0 Å². The summed E-state index contributed by atoms with van der Waals surface area (Å²) in [6.07, 6.45) is 0.478. The van der Waals surface area contributed by atoms with Gasteiger partial charge in [-0.15, -0.1) is 0 Å². The second-order valence-electron chi connectivity index (χ2n) is 2.48. The SMILES string of the molecule is CCC(=O)NCOc1cc[c]cc1. The van der Waals surface area contributed by atoms with Gasteiger partial charge in [0.1, 0.15) is 5.75 Å². The van der Waals surface area contributed by atoms with Crippen LogP contribution in [0.4, 0.5) is 0 Å². The van der Waals surface area contributed by atoms with Crippen LogP contribution in [0.25, 0.3) is 0 Å². The van der Waals surface area contributed by atoms with Gasteiger partial charge in [-0.05, 0) is 18.2 Å². The Hall–Kier alpha value is -1.51. The van der Waals surface area contributed by atoms with Crippen molar-refractivity contribution in [2.75, 3.05) is 6.73 Å². The first-order valence-corrected chi connectivity index (χ1v) is 4.18. The first-order chi connectivity index (χ1) is 6.33. The number of hydrogen-bond acceptors (Lipinski definition) is 2. The monoisotopic (exact) mass is 178 g/mol. The van der Waals surface area contributed by atoms with Gasteiger partial charge >= 0.3 is 0 Å². The standard InChI is InChI=1S/C10H12NO2/c1-2-10(12)11-8-13-9-6-4-3-5-7-9/h4-7H,2,8H2,1H3,(H,11,12). The number of benzene rings is 1. The lowest BCUT2D eigenvalue weighted by molar-refractivity contribution is -0.121. The lowest BCUT2D eigenvalue weighted by Gasteiger charge is -2.06. The lowest BCUT2D eigenvalue weighted by Crippen LogP contribution is -2.26. The molecule has 13 heavy (non-hydrogen) atoms. The fourth-order valence-corrected chi connectivity index (χ4v) is 0.793. The van der Waals surface area contributed by atoms with Gasteiger partial charge in [0.15, 0.2) is 6.73 Å². The quantitative estimate of drug-likeness (QED) is 0.707. The van der Waals surface area contributed by atoms with Crippen LogP contribution < -0.4 is 10.1 Å². The summed E-state index contributed by atoms with van der Waals surface area (Å²) in [5.74, 6) is 0.720. The second-order valence-corrected chi connectivity index (χ2v) is 2.48. The van der Waals surface area contributed by atoms with Gasteiger partial charge in [-0.1, -0.05) is 19.1 Å². The van der Waals surface area contributed by atoms with E-state index in [-0.39, 0.29) is 12.6 Å². The molecule has 0 saturated carbocycles. The third-order valence-electron chi connectivity index (χ3n) is 1.52. The van der Waals surface area contributed by atoms with Gasteiger partial charge < -0.3 is 10.1 Å². The van der Waals surface area contributed by atoms with E-state index < -0.39 is 0 Å². The molecule has 0 aromatic heterocycles. The van der Waals surface area contributed by atoms with Gasteiger partial charge in [0, 0.05) is 6.42 Å². The maximum atomic E-state index is 10.8. The molecule has 1 rings (SSSR count). The zero-order chi connectivity index (χ0) is 9.52. The molecule has 0 fully saturated rings. The average Bonchev–Trinajstić information content (AvgIpc) is 2.19. The van der Waals surface area contributed by atoms with Crippen molar-refractivity contribution in [1.29, 1.82) is 0 Å². The fourth-order valence-electron chi connectivity index (χ4n) is 0.793. The van der Waals surface area contributed by atoms with Crippen molar-refractivity contribution in [3.05, 3.63) is 30.3 Å². The molecule has 1 N–H and O–H groups in total. The summed E-state index contributed by atoms with van der Waals surface area (Å²) in [6, 6.07) is 9.98. The smallest absolute Gasteiger partial charge is 0.222 e. The maximum absolute atomic E-state index is 10.8. The van der Waals surface area contributed by atoms with Crippen molar-refractivity contribution in [3.8, 4) is 5.75 Å². The molecule has 1 radical (unpaired) electrons. The van der Waals surface area contributed by atoms with E-state index >= 15 is 0 Å². The molecule has 69 valence electrons. The van der Waals surface area contributed by atoms with Crippen LogP contribution in [-0.4, -0.2) is 12.6 Å². The summed E-state index contributed by atoms with van der Waals surface area (Å²) < 4.78 is 5.23. The van der Waals surface area contributed by atoms with Gasteiger partial charge in [-0.2, -0.15) is 0 Å². The van der Waals surface area contributed by atoms with Gasteiger partial charge in [-0.3, -0.25) is 4.79 Å². The predicted octanol–water partition coefficient (Wildman–Crippen LogP) is 1.35. The Kier molecular flexibility index (Phi) is 3.82. The molecule has 0 heterocycles. The van der Waals surface area contributed by atoms with Crippen LogP contribution in [0.5, 0.6) is 5.75 Å². The first-order valence-electron chi connectivity index (χ1n) is 4.18. The first kappa shape index (κ1) is 9.58. The minimum atomic E-state index is -0.0116. The Morgan fingerprint density at radius 3 is 2.85 bits per heavy atom. The van der Waals surface area contributed by atoms with E-state index in [0.29, 0.717) is 6.42 Å². The molecular weight excluding hydrogens is 166 g/mol. The summed E-state index contributed by atoms with van der Waals surface area (Å²) in [7, 11) is 0. The number of rotatable bonds is 4. The van der Waals surface area contributed by atoms with Crippen molar-refractivity contribution in [1.82, 2.24) is 5.32 Å². The maximum Gasteiger partial charge on any atom is 0.222 e. The zero-order valence-electron chi connectivity index (χ0n) is 7.54. The van der Waals surface area contributed by atoms with Crippen LogP contribution in [0.1, 0.15) is 13.3 Å². The van der Waals surface area contributed by atoms with Gasteiger partial charge in [-0.25, -0.2) is 0 Å². The summed E-state index contributed by atoms with van der Waals surface area (Å²) in [5, 5.41) is 2.61. The highest BCUT2D eigenvalue weighted by atomic mass is 16.5. The van der Waals surface area contributed by atoms with Gasteiger partial charge in [0.2, 0.25) is 5.91 Å². The van der Waals surface area contributed by atoms with Crippen LogP contribution in [0.3, 0.4) is 0 Å². The Balaban J connectivity index is 2.24. The molecule has 0 saturated heterocycles. The number of ether oxygens (including phenoxy) is 1. The van der Waals surface area contributed by atoms with E-state index in [4.69, 9.17) is 4.74 Å². The van der Waals surface area contributed by atoms with E-state index in [1.54, 1.807) is 31.2 Å². The third kappa shape index (κ3) is 3.60. The van der Waals surface area contributed by atoms with Gasteiger partial charge in [0.05, 0.1) is 0 Å². The van der Waals surface area contributed by atoms with Crippen LogP contribution in [-0.2, 0) is 4.79 Å². The van der Waals surface area contributed by atoms with E-state index in [0.717, 1.165) is 5.75 Å². The molecule has 0 atom stereocenters. The van der Waals surface area contributed by atoms with Crippen LogP contribution in [0.15, 0.2) is 24.3 Å². The molecule has 0 aliphatic rings. The Bertz CT molecular complexity index is 259. The molecule has 0 aliphatic heterocycles. The summed E-state index contributed by atoms with van der Waals surface area (Å²) in [6.45, 7) is 2.02. The molecule has 0 spiro atoms. The Morgan fingerprint density at radius 2 is 2.23 bits per heavy atom. The Morgan fingerprint density at radius 1 is 1.54 bits per heavy atom. The van der Waals surface area contributed by atoms with Crippen LogP contribution >= 0.6 is 0 Å². The van der Waals surface area contributed by atoms with Crippen LogP contribution in [0.2, 0.25) is 0 Å². The molecule has 0 unspecified atom stereocenters. The number of nitrogens with one attached hydrogen (secondary N) is 1. The summed E-state index contributed by atoms with van der Waals surface area (Å²) in [5.41, 5.74) is 0. The third-order valence-corrected chi connectivity index (χ3v) is 1.52. The van der Waals surface area contributed by atoms with Crippen LogP contribution in [0, 0.1) is 6.07 Å². The zero-order valence-corrected chi connectivity index (χ0v) is 7.54. The normalized spacial score (nSPS) is 9.31. The van der Waals surface area contributed by atoms with Crippen molar-refractivity contribution < 1.29 is 9.53 Å². The van der Waals surface area contributed by atoms with E-state index in [9.17, 15) is 4.79 Å². The average molecular weight is 178 g/mol. The Labute approximate surface area is 77.7 Å². The summed E-state index contributed by atoms with van der Waals surface area (Å²) >= 11 is 0. The predicted molar refractivity (Wildman–Crippen MR) is 49.2 cm³/mol. The minimum Gasteiger partial charge on any atom is -0.473 e. The highest BCUT2D eigenvalue weighted by molar-refractivity contribution is 5.75. The number of hydrogen-bond donors (Lipinski definition) is 1. The minimum absolute atomic E-state index is 0.0116. The lowest BCUT2D eigenvalue weighted by atomic mass is 10.3. The van der Waals surface area contributed by atoms with E-state index in [2.05, 4.69) is 11.4 Å². The molecule has 3 heteroatoms. The topological polar surface area (TPSA) is 38.3 Å². The highest BCUT2D eigenvalue weighted by Gasteiger charge is 1.95. The van der Waals surface area contributed by atoms with Crippen molar-refractivity contribution in [3.63, 3.8) is 0 Å². The largest absolute Gasteiger partial charge is 0.473 e. The number of carbonyl (C=O) groups is 1. The van der Waals surface area contributed by atoms with E-state index in [1.807, 2.05) is 0 Å². The second kappa shape index (κ2) is 5.19. The van der Waals surface area contributed by atoms with E-state index in [1.165, 1.54) is 0 Å². The molecular formula is C10H12NO2. The summed E-state index contributed by atoms with van der Waals surface area (Å²) in [4.78, 5) is 10.8. The van der Waals surface area contributed by atoms with Crippen molar-refractivity contribution >= 4 is 5.91 Å². The highest BCUT2D eigenvalue weighted by Crippen LogP contribution is 2.06. The fraction of sp³-hybridized carbons (Fsp3) is 0.300. The molecule has 0 bridgehead atoms. The molecule has 1 amide bonds.